The van der Waals surface area contributed by atoms with Gasteiger partial charge in [0, 0.05) is 17.9 Å². The van der Waals surface area contributed by atoms with Gasteiger partial charge in [-0.2, -0.15) is 5.10 Å². The number of hydrogen-bond acceptors (Lipinski definition) is 5. The van der Waals surface area contributed by atoms with Crippen molar-refractivity contribution in [2.24, 2.45) is 5.10 Å². The summed E-state index contributed by atoms with van der Waals surface area (Å²) in [6, 6.07) is 24.1. The molecule has 0 bridgehead atoms. The van der Waals surface area contributed by atoms with E-state index in [0.29, 0.717) is 32.4 Å². The van der Waals surface area contributed by atoms with E-state index >= 15 is 0 Å². The Morgan fingerprint density at radius 2 is 1.85 bits per heavy atom. The van der Waals surface area contributed by atoms with E-state index in [1.165, 1.54) is 0 Å². The van der Waals surface area contributed by atoms with Crippen LogP contribution in [0.3, 0.4) is 0 Å². The first-order valence-electron chi connectivity index (χ1n) is 11.7. The number of hydrazone groups is 1. The molecule has 0 saturated carbocycles. The minimum atomic E-state index is -0.449. The molecule has 3 atom stereocenters. The van der Waals surface area contributed by atoms with Crippen molar-refractivity contribution >= 4 is 17.8 Å². The highest BCUT2D eigenvalue weighted by atomic mass is 35.5. The fourth-order valence-corrected chi connectivity index (χ4v) is 4.32. The first kappa shape index (κ1) is 24.3. The maximum absolute atomic E-state index is 10.5. The summed E-state index contributed by atoms with van der Waals surface area (Å²) in [6.45, 7) is 3.26. The summed E-state index contributed by atoms with van der Waals surface area (Å²) in [5.74, 6) is 0.863. The molecule has 0 radical (unpaired) electrons. The van der Waals surface area contributed by atoms with Gasteiger partial charge in [0.25, 0.3) is 0 Å². The Bertz CT molecular complexity index is 1070. The van der Waals surface area contributed by atoms with Crippen molar-refractivity contribution in [2.45, 2.75) is 51.0 Å². The Kier molecular flexibility index (Phi) is 8.58. The standard InChI is InChI=1S/C28H31ClN2O3/c1-2-33-25-11-8-20(9-12-25)14-23-15-22(10-13-27(23)29)28-17-24(32)16-26(34-28)19-31-30-18-21-6-4-3-5-7-21/h3-13,15,19,24,26,28,30,32H,2,14,16-18H2,1H3/b31-19+. The van der Waals surface area contributed by atoms with Gasteiger partial charge in [0.2, 0.25) is 0 Å². The molecule has 1 heterocycles. The van der Waals surface area contributed by atoms with Crippen molar-refractivity contribution in [3.8, 4) is 5.75 Å². The monoisotopic (exact) mass is 478 g/mol. The molecule has 178 valence electrons. The number of halogens is 1. The van der Waals surface area contributed by atoms with Crippen molar-refractivity contribution in [1.29, 1.82) is 0 Å². The lowest BCUT2D eigenvalue weighted by Gasteiger charge is -2.32. The Balaban J connectivity index is 1.39. The Labute approximate surface area is 206 Å². The summed E-state index contributed by atoms with van der Waals surface area (Å²) in [5.41, 5.74) is 7.41. The average Bonchev–Trinajstić information content (AvgIpc) is 2.85. The normalized spacial score (nSPS) is 20.4. The summed E-state index contributed by atoms with van der Waals surface area (Å²) >= 11 is 6.51. The van der Waals surface area contributed by atoms with E-state index in [9.17, 15) is 5.11 Å². The fraction of sp³-hybridized carbons (Fsp3) is 0.321. The molecule has 1 saturated heterocycles. The van der Waals surface area contributed by atoms with Gasteiger partial charge < -0.3 is 20.0 Å². The van der Waals surface area contributed by atoms with Gasteiger partial charge in [-0.1, -0.05) is 66.2 Å². The van der Waals surface area contributed by atoms with Gasteiger partial charge in [-0.15, -0.1) is 0 Å². The molecule has 0 aromatic heterocycles. The number of hydrogen-bond donors (Lipinski definition) is 2. The number of ether oxygens (including phenoxy) is 2. The molecule has 5 nitrogen and oxygen atoms in total. The van der Waals surface area contributed by atoms with Gasteiger partial charge in [0.05, 0.1) is 37.7 Å². The second-order valence-electron chi connectivity index (χ2n) is 8.49. The van der Waals surface area contributed by atoms with Crippen LogP contribution in [0.1, 0.15) is 48.1 Å². The quantitative estimate of drug-likeness (QED) is 0.306. The lowest BCUT2D eigenvalue weighted by atomic mass is 9.94. The first-order valence-corrected chi connectivity index (χ1v) is 12.1. The highest BCUT2D eigenvalue weighted by Crippen LogP contribution is 2.33. The molecule has 1 aliphatic rings. The molecule has 0 amide bonds. The second-order valence-corrected chi connectivity index (χ2v) is 8.90. The molecule has 4 rings (SSSR count). The molecule has 3 aromatic rings. The Hall–Kier alpha value is -2.86. The molecule has 34 heavy (non-hydrogen) atoms. The lowest BCUT2D eigenvalue weighted by Crippen LogP contribution is -2.32. The number of benzene rings is 3. The van der Waals surface area contributed by atoms with E-state index in [2.05, 4.69) is 28.7 Å². The molecule has 0 aliphatic carbocycles. The SMILES string of the molecule is CCOc1ccc(Cc2cc(C3CC(O)CC(/C=N/NCc4ccccc4)O3)ccc2Cl)cc1. The van der Waals surface area contributed by atoms with E-state index < -0.39 is 6.10 Å². The zero-order valence-electron chi connectivity index (χ0n) is 19.4. The predicted octanol–water partition coefficient (Wildman–Crippen LogP) is 5.69. The van der Waals surface area contributed by atoms with Crippen LogP contribution >= 0.6 is 11.6 Å². The van der Waals surface area contributed by atoms with Crippen LogP contribution in [-0.2, 0) is 17.7 Å². The molecule has 3 unspecified atom stereocenters. The summed E-state index contributed by atoms with van der Waals surface area (Å²) in [5, 5.41) is 15.5. The fourth-order valence-electron chi connectivity index (χ4n) is 4.13. The Morgan fingerprint density at radius 1 is 1.06 bits per heavy atom. The van der Waals surface area contributed by atoms with E-state index in [-0.39, 0.29) is 12.2 Å². The maximum atomic E-state index is 10.5. The summed E-state index contributed by atoms with van der Waals surface area (Å²) in [4.78, 5) is 0. The van der Waals surface area contributed by atoms with Gasteiger partial charge in [-0.3, -0.25) is 0 Å². The average molecular weight is 479 g/mol. The third kappa shape index (κ3) is 6.83. The van der Waals surface area contributed by atoms with Crippen molar-refractivity contribution in [3.05, 3.63) is 100 Å². The number of aliphatic hydroxyl groups excluding tert-OH is 1. The number of nitrogens with zero attached hydrogens (tertiary/aromatic N) is 1. The number of aliphatic hydroxyl groups is 1. The maximum Gasteiger partial charge on any atom is 0.119 e. The Morgan fingerprint density at radius 3 is 2.62 bits per heavy atom. The summed E-state index contributed by atoms with van der Waals surface area (Å²) in [6.07, 6.45) is 2.60. The molecular formula is C28H31ClN2O3. The molecule has 3 aromatic carbocycles. The van der Waals surface area contributed by atoms with Gasteiger partial charge >= 0.3 is 0 Å². The van der Waals surface area contributed by atoms with Crippen LogP contribution in [0.4, 0.5) is 0 Å². The summed E-state index contributed by atoms with van der Waals surface area (Å²) < 4.78 is 11.8. The number of rotatable bonds is 9. The van der Waals surface area contributed by atoms with E-state index in [4.69, 9.17) is 21.1 Å². The number of nitrogens with one attached hydrogen (secondary N) is 1. The third-order valence-electron chi connectivity index (χ3n) is 5.86. The topological polar surface area (TPSA) is 63.1 Å². The largest absolute Gasteiger partial charge is 0.494 e. The van der Waals surface area contributed by atoms with E-state index in [1.807, 2.05) is 61.5 Å². The van der Waals surface area contributed by atoms with Gasteiger partial charge in [0.15, 0.2) is 0 Å². The van der Waals surface area contributed by atoms with Crippen LogP contribution in [-0.4, -0.2) is 30.1 Å². The molecule has 6 heteroatoms. The van der Waals surface area contributed by atoms with E-state index in [0.717, 1.165) is 33.0 Å². The van der Waals surface area contributed by atoms with Crippen LogP contribution < -0.4 is 10.2 Å². The minimum Gasteiger partial charge on any atom is -0.494 e. The van der Waals surface area contributed by atoms with Crippen LogP contribution in [0, 0.1) is 0 Å². The third-order valence-corrected chi connectivity index (χ3v) is 6.23. The van der Waals surface area contributed by atoms with Gasteiger partial charge in [0.1, 0.15) is 5.75 Å². The summed E-state index contributed by atoms with van der Waals surface area (Å²) in [7, 11) is 0. The first-order chi connectivity index (χ1) is 16.6. The van der Waals surface area contributed by atoms with Crippen molar-refractivity contribution in [2.75, 3.05) is 6.61 Å². The highest BCUT2D eigenvalue weighted by Gasteiger charge is 2.29. The molecular weight excluding hydrogens is 448 g/mol. The smallest absolute Gasteiger partial charge is 0.119 e. The van der Waals surface area contributed by atoms with E-state index in [1.54, 1.807) is 6.21 Å². The molecule has 1 aliphatic heterocycles. The second kappa shape index (κ2) is 12.0. The van der Waals surface area contributed by atoms with Crippen molar-refractivity contribution in [3.63, 3.8) is 0 Å². The van der Waals surface area contributed by atoms with Crippen LogP contribution in [0.25, 0.3) is 0 Å². The molecule has 0 spiro atoms. The molecule has 2 N–H and O–H groups in total. The lowest BCUT2D eigenvalue weighted by molar-refractivity contribution is -0.0681. The highest BCUT2D eigenvalue weighted by molar-refractivity contribution is 6.31. The molecule has 1 fully saturated rings. The van der Waals surface area contributed by atoms with Crippen molar-refractivity contribution in [1.82, 2.24) is 5.43 Å². The zero-order chi connectivity index (χ0) is 23.8. The van der Waals surface area contributed by atoms with Gasteiger partial charge in [-0.05, 0) is 53.8 Å². The van der Waals surface area contributed by atoms with Crippen LogP contribution in [0.5, 0.6) is 5.75 Å². The van der Waals surface area contributed by atoms with Crippen LogP contribution in [0.15, 0.2) is 77.9 Å². The minimum absolute atomic E-state index is 0.217. The predicted molar refractivity (Wildman–Crippen MR) is 136 cm³/mol. The zero-order valence-corrected chi connectivity index (χ0v) is 20.1. The van der Waals surface area contributed by atoms with Crippen molar-refractivity contribution < 1.29 is 14.6 Å². The van der Waals surface area contributed by atoms with Crippen LogP contribution in [0.2, 0.25) is 5.02 Å². The van der Waals surface area contributed by atoms with Gasteiger partial charge in [-0.25, -0.2) is 0 Å².